The molecule has 0 unspecified atom stereocenters. The molecule has 1 N–H and O–H groups in total. The smallest absolute Gasteiger partial charge is 0.379 e. The van der Waals surface area contributed by atoms with Crippen molar-refractivity contribution >= 4 is 0 Å². The van der Waals surface area contributed by atoms with Crippen LogP contribution in [0.4, 0.5) is 0 Å². The highest BCUT2D eigenvalue weighted by Crippen LogP contribution is 2.30. The topological polar surface area (TPSA) is 50.4 Å². The van der Waals surface area contributed by atoms with E-state index in [0.717, 1.165) is 36.0 Å². The monoisotopic (exact) mass is 272 g/mol. The summed E-state index contributed by atoms with van der Waals surface area (Å²) in [6, 6.07) is 9.57. The molecule has 2 aromatic rings. The molecule has 2 rings (SSSR count). The lowest BCUT2D eigenvalue weighted by molar-refractivity contribution is 0.406. The van der Waals surface area contributed by atoms with Crippen LogP contribution in [0.5, 0.6) is 5.75 Å². The summed E-state index contributed by atoms with van der Waals surface area (Å²) in [5, 5.41) is 10.0. The number of unbranched alkanes of at least 4 members (excludes halogenated alkanes) is 1. The Labute approximate surface area is 118 Å². The van der Waals surface area contributed by atoms with Crippen molar-refractivity contribution in [3.8, 4) is 17.1 Å². The van der Waals surface area contributed by atoms with Gasteiger partial charge in [-0.25, -0.2) is 4.79 Å². The van der Waals surface area contributed by atoms with Gasteiger partial charge in [0.2, 0.25) is 5.75 Å². The molecular weight excluding hydrogens is 252 g/mol. The van der Waals surface area contributed by atoms with Gasteiger partial charge in [-0.15, -0.1) is 0 Å². The molecule has 3 nitrogen and oxygen atoms in total. The molecule has 0 fully saturated rings. The van der Waals surface area contributed by atoms with E-state index in [2.05, 4.69) is 6.92 Å². The molecule has 0 radical (unpaired) electrons. The maximum Gasteiger partial charge on any atom is 0.379 e. The summed E-state index contributed by atoms with van der Waals surface area (Å²) in [6.07, 6.45) is 3.39. The Morgan fingerprint density at radius 1 is 1.10 bits per heavy atom. The van der Waals surface area contributed by atoms with E-state index in [1.807, 2.05) is 37.3 Å². The van der Waals surface area contributed by atoms with E-state index in [-0.39, 0.29) is 5.75 Å². The van der Waals surface area contributed by atoms with Crippen molar-refractivity contribution in [2.24, 2.45) is 0 Å². The molecule has 0 atom stereocenters. The predicted octanol–water partition coefficient (Wildman–Crippen LogP) is 3.92. The SMILES string of the molecule is CCCCc1c(CC)c(-c2ccccc2)oc(=O)c1O. The Kier molecular flexibility index (Phi) is 4.61. The van der Waals surface area contributed by atoms with E-state index in [9.17, 15) is 9.90 Å². The van der Waals surface area contributed by atoms with Gasteiger partial charge < -0.3 is 9.52 Å². The normalized spacial score (nSPS) is 10.7. The molecule has 0 bridgehead atoms. The summed E-state index contributed by atoms with van der Waals surface area (Å²) in [4.78, 5) is 11.8. The van der Waals surface area contributed by atoms with Crippen LogP contribution in [0.1, 0.15) is 37.8 Å². The fourth-order valence-electron chi connectivity index (χ4n) is 2.43. The van der Waals surface area contributed by atoms with E-state index in [1.54, 1.807) is 0 Å². The summed E-state index contributed by atoms with van der Waals surface area (Å²) in [7, 11) is 0. The molecule has 1 aromatic carbocycles. The second-order valence-electron chi connectivity index (χ2n) is 4.85. The number of hydrogen-bond donors (Lipinski definition) is 1. The highest BCUT2D eigenvalue weighted by molar-refractivity contribution is 5.64. The van der Waals surface area contributed by atoms with Crippen LogP contribution in [0, 0.1) is 0 Å². The van der Waals surface area contributed by atoms with Gasteiger partial charge in [0.1, 0.15) is 5.76 Å². The Hall–Kier alpha value is -2.03. The highest BCUT2D eigenvalue weighted by atomic mass is 16.4. The molecular formula is C17H20O3. The van der Waals surface area contributed by atoms with Crippen molar-refractivity contribution in [1.82, 2.24) is 0 Å². The van der Waals surface area contributed by atoms with Crippen molar-refractivity contribution in [2.75, 3.05) is 0 Å². The zero-order chi connectivity index (χ0) is 14.5. The summed E-state index contributed by atoms with van der Waals surface area (Å²) in [5.41, 5.74) is 1.90. The second-order valence-corrected chi connectivity index (χ2v) is 4.85. The summed E-state index contributed by atoms with van der Waals surface area (Å²) in [6.45, 7) is 4.10. The number of hydrogen-bond acceptors (Lipinski definition) is 3. The minimum absolute atomic E-state index is 0.227. The largest absolute Gasteiger partial charge is 0.502 e. The minimum atomic E-state index is -0.646. The zero-order valence-electron chi connectivity index (χ0n) is 12.0. The van der Waals surface area contributed by atoms with Crippen molar-refractivity contribution < 1.29 is 9.52 Å². The van der Waals surface area contributed by atoms with Crippen LogP contribution in [-0.2, 0) is 12.8 Å². The first-order chi connectivity index (χ1) is 9.69. The highest BCUT2D eigenvalue weighted by Gasteiger charge is 2.18. The summed E-state index contributed by atoms with van der Waals surface area (Å²) < 4.78 is 5.33. The third kappa shape index (κ3) is 2.77. The minimum Gasteiger partial charge on any atom is -0.502 e. The zero-order valence-corrected chi connectivity index (χ0v) is 12.0. The summed E-state index contributed by atoms with van der Waals surface area (Å²) >= 11 is 0. The lowest BCUT2D eigenvalue weighted by Gasteiger charge is -2.13. The summed E-state index contributed by atoms with van der Waals surface area (Å²) in [5.74, 6) is 0.358. The molecule has 0 spiro atoms. The van der Waals surface area contributed by atoms with Crippen LogP contribution < -0.4 is 5.63 Å². The van der Waals surface area contributed by atoms with E-state index in [0.29, 0.717) is 12.2 Å². The van der Waals surface area contributed by atoms with E-state index < -0.39 is 5.63 Å². The molecule has 0 saturated carbocycles. The van der Waals surface area contributed by atoms with Gasteiger partial charge >= 0.3 is 5.63 Å². The number of benzene rings is 1. The molecule has 106 valence electrons. The van der Waals surface area contributed by atoms with Gasteiger partial charge in [0, 0.05) is 16.7 Å². The van der Waals surface area contributed by atoms with Crippen LogP contribution in [-0.4, -0.2) is 5.11 Å². The van der Waals surface area contributed by atoms with E-state index in [1.165, 1.54) is 0 Å². The second kappa shape index (κ2) is 6.42. The predicted molar refractivity (Wildman–Crippen MR) is 80.1 cm³/mol. The van der Waals surface area contributed by atoms with Gasteiger partial charge in [-0.1, -0.05) is 50.6 Å². The van der Waals surface area contributed by atoms with Crippen LogP contribution in [0.2, 0.25) is 0 Å². The third-order valence-corrected chi connectivity index (χ3v) is 3.48. The fraction of sp³-hybridized carbons (Fsp3) is 0.353. The maximum absolute atomic E-state index is 11.8. The fourth-order valence-corrected chi connectivity index (χ4v) is 2.43. The molecule has 3 heteroatoms. The lowest BCUT2D eigenvalue weighted by Crippen LogP contribution is -2.08. The number of rotatable bonds is 5. The van der Waals surface area contributed by atoms with E-state index >= 15 is 0 Å². The van der Waals surface area contributed by atoms with Crippen LogP contribution in [0.15, 0.2) is 39.5 Å². The van der Waals surface area contributed by atoms with Gasteiger partial charge in [0.25, 0.3) is 0 Å². The Bertz CT molecular complexity index is 627. The standard InChI is InChI=1S/C17H20O3/c1-3-5-11-14-13(4-2)16(20-17(19)15(14)18)12-9-7-6-8-10-12/h6-10,18H,3-5,11H2,1-2H3. The maximum atomic E-state index is 11.8. The average molecular weight is 272 g/mol. The first-order valence-electron chi connectivity index (χ1n) is 7.12. The lowest BCUT2D eigenvalue weighted by atomic mass is 9.96. The average Bonchev–Trinajstić information content (AvgIpc) is 2.49. The number of aromatic hydroxyl groups is 1. The Balaban J connectivity index is 2.63. The Morgan fingerprint density at radius 3 is 2.40 bits per heavy atom. The van der Waals surface area contributed by atoms with Gasteiger partial charge in [-0.05, 0) is 19.3 Å². The van der Waals surface area contributed by atoms with Crippen molar-refractivity contribution in [2.45, 2.75) is 39.5 Å². The first-order valence-corrected chi connectivity index (χ1v) is 7.12. The van der Waals surface area contributed by atoms with Crippen molar-refractivity contribution in [3.63, 3.8) is 0 Å². The molecule has 0 aliphatic carbocycles. The van der Waals surface area contributed by atoms with Gasteiger partial charge in [0.15, 0.2) is 0 Å². The molecule has 0 amide bonds. The van der Waals surface area contributed by atoms with Crippen molar-refractivity contribution in [3.05, 3.63) is 51.9 Å². The Morgan fingerprint density at radius 2 is 1.80 bits per heavy atom. The van der Waals surface area contributed by atoms with Crippen molar-refractivity contribution in [1.29, 1.82) is 0 Å². The van der Waals surface area contributed by atoms with Gasteiger partial charge in [0.05, 0.1) is 0 Å². The molecule has 0 saturated heterocycles. The molecule has 0 aliphatic heterocycles. The molecule has 20 heavy (non-hydrogen) atoms. The quantitative estimate of drug-likeness (QED) is 0.897. The van der Waals surface area contributed by atoms with Crippen LogP contribution >= 0.6 is 0 Å². The molecule has 1 heterocycles. The molecule has 0 aliphatic rings. The molecule has 1 aromatic heterocycles. The first kappa shape index (κ1) is 14.4. The van der Waals surface area contributed by atoms with E-state index in [4.69, 9.17) is 4.42 Å². The van der Waals surface area contributed by atoms with Gasteiger partial charge in [-0.2, -0.15) is 0 Å². The third-order valence-electron chi connectivity index (χ3n) is 3.48. The van der Waals surface area contributed by atoms with Crippen LogP contribution in [0.25, 0.3) is 11.3 Å². The van der Waals surface area contributed by atoms with Gasteiger partial charge in [-0.3, -0.25) is 0 Å². The van der Waals surface area contributed by atoms with Crippen LogP contribution in [0.3, 0.4) is 0 Å².